The van der Waals surface area contributed by atoms with Crippen molar-refractivity contribution >= 4 is 27.6 Å². The topological polar surface area (TPSA) is 85.1 Å². The van der Waals surface area contributed by atoms with Gasteiger partial charge < -0.3 is 15.5 Å². The summed E-state index contributed by atoms with van der Waals surface area (Å²) in [6.07, 6.45) is 4.75. The number of nitrogens with one attached hydrogen (secondary N) is 2. The highest BCUT2D eigenvalue weighted by Gasteiger charge is 2.06. The molecule has 0 aromatic carbocycles. The van der Waals surface area contributed by atoms with Gasteiger partial charge in [0.25, 0.3) is 0 Å². The molecule has 0 aliphatic carbocycles. The zero-order chi connectivity index (χ0) is 12.5. The zero-order valence-electron chi connectivity index (χ0n) is 9.87. The highest BCUT2D eigenvalue weighted by Crippen LogP contribution is 2.25. The molecule has 0 saturated heterocycles. The van der Waals surface area contributed by atoms with Gasteiger partial charge in [0.1, 0.15) is 16.6 Å². The van der Waals surface area contributed by atoms with Crippen LogP contribution in [0.3, 0.4) is 0 Å². The Morgan fingerprint density at radius 1 is 1.29 bits per heavy atom. The second-order valence-corrected chi connectivity index (χ2v) is 4.30. The number of unbranched alkanes of at least 4 members (excludes halogenated alkanes) is 2. The molecule has 7 heteroatoms. The fourth-order valence-corrected chi connectivity index (χ4v) is 1.81. The standard InChI is InChI=1S/C10H18BrN5O/c1-17-6-4-2-3-5-13-9-8(11)10(16-12)15-7-14-9/h7H,2-6,12H2,1H3,(H2,13,14,15,16). The molecule has 0 bridgehead atoms. The molecule has 1 heterocycles. The van der Waals surface area contributed by atoms with Crippen molar-refractivity contribution in [1.82, 2.24) is 9.97 Å². The monoisotopic (exact) mass is 303 g/mol. The lowest BCUT2D eigenvalue weighted by Crippen LogP contribution is -2.12. The Hall–Kier alpha value is -0.920. The number of nitrogen functional groups attached to an aromatic ring is 1. The number of hydrogen-bond donors (Lipinski definition) is 3. The molecule has 0 radical (unpaired) electrons. The summed E-state index contributed by atoms with van der Waals surface area (Å²) in [5, 5.41) is 3.23. The minimum atomic E-state index is 0.571. The molecular formula is C10H18BrN5O. The SMILES string of the molecule is COCCCCCNc1ncnc(NN)c1Br. The van der Waals surface area contributed by atoms with Gasteiger partial charge in [-0.2, -0.15) is 0 Å². The number of nitrogens with two attached hydrogens (primary N) is 1. The Bertz CT molecular complexity index is 336. The van der Waals surface area contributed by atoms with E-state index in [4.69, 9.17) is 10.6 Å². The minimum absolute atomic E-state index is 0.571. The van der Waals surface area contributed by atoms with Crippen LogP contribution in [0, 0.1) is 0 Å². The lowest BCUT2D eigenvalue weighted by molar-refractivity contribution is 0.192. The van der Waals surface area contributed by atoms with Crippen molar-refractivity contribution in [2.45, 2.75) is 19.3 Å². The van der Waals surface area contributed by atoms with Crippen LogP contribution in [0.1, 0.15) is 19.3 Å². The molecule has 0 aliphatic rings. The number of nitrogens with zero attached hydrogens (tertiary/aromatic N) is 2. The van der Waals surface area contributed by atoms with Crippen LogP contribution in [0.2, 0.25) is 0 Å². The Labute approximate surface area is 109 Å². The summed E-state index contributed by atoms with van der Waals surface area (Å²) in [6, 6.07) is 0. The largest absolute Gasteiger partial charge is 0.385 e. The van der Waals surface area contributed by atoms with E-state index in [1.54, 1.807) is 7.11 Å². The molecule has 0 fully saturated rings. The van der Waals surface area contributed by atoms with Gasteiger partial charge in [0, 0.05) is 20.3 Å². The third kappa shape index (κ3) is 4.84. The van der Waals surface area contributed by atoms with Crippen molar-refractivity contribution in [2.75, 3.05) is 31.0 Å². The maximum absolute atomic E-state index is 5.32. The van der Waals surface area contributed by atoms with Crippen LogP contribution >= 0.6 is 15.9 Å². The maximum atomic E-state index is 5.32. The minimum Gasteiger partial charge on any atom is -0.385 e. The van der Waals surface area contributed by atoms with Crippen LogP contribution in [-0.4, -0.2) is 30.2 Å². The fraction of sp³-hybridized carbons (Fsp3) is 0.600. The van der Waals surface area contributed by atoms with E-state index < -0.39 is 0 Å². The second kappa shape index (κ2) is 8.21. The van der Waals surface area contributed by atoms with Gasteiger partial charge in [0.2, 0.25) is 0 Å². The molecule has 4 N–H and O–H groups in total. The molecule has 0 aliphatic heterocycles. The van der Waals surface area contributed by atoms with Gasteiger partial charge >= 0.3 is 0 Å². The molecule has 6 nitrogen and oxygen atoms in total. The molecular weight excluding hydrogens is 286 g/mol. The molecule has 0 unspecified atom stereocenters. The first kappa shape index (κ1) is 14.1. The van der Waals surface area contributed by atoms with E-state index >= 15 is 0 Å². The summed E-state index contributed by atoms with van der Waals surface area (Å²) in [5.74, 6) is 6.64. The van der Waals surface area contributed by atoms with Gasteiger partial charge in [-0.05, 0) is 35.2 Å². The summed E-state index contributed by atoms with van der Waals surface area (Å²) < 4.78 is 5.73. The van der Waals surface area contributed by atoms with Crippen molar-refractivity contribution in [1.29, 1.82) is 0 Å². The lowest BCUT2D eigenvalue weighted by Gasteiger charge is -2.09. The highest BCUT2D eigenvalue weighted by atomic mass is 79.9. The molecule has 1 aromatic rings. The molecule has 1 rings (SSSR count). The Kier molecular flexibility index (Phi) is 6.83. The van der Waals surface area contributed by atoms with Gasteiger partial charge in [0.05, 0.1) is 0 Å². The summed E-state index contributed by atoms with van der Waals surface area (Å²) in [4.78, 5) is 8.11. The van der Waals surface area contributed by atoms with Gasteiger partial charge in [-0.25, -0.2) is 15.8 Å². The summed E-state index contributed by atoms with van der Waals surface area (Å²) in [5.41, 5.74) is 2.50. The van der Waals surface area contributed by atoms with E-state index in [2.05, 4.69) is 36.6 Å². The first-order valence-electron chi connectivity index (χ1n) is 5.49. The molecule has 0 amide bonds. The van der Waals surface area contributed by atoms with Crippen LogP contribution in [-0.2, 0) is 4.74 Å². The second-order valence-electron chi connectivity index (χ2n) is 3.51. The highest BCUT2D eigenvalue weighted by molar-refractivity contribution is 9.10. The van der Waals surface area contributed by atoms with E-state index in [1.807, 2.05) is 0 Å². The Morgan fingerprint density at radius 3 is 2.76 bits per heavy atom. The molecule has 0 saturated carbocycles. The smallest absolute Gasteiger partial charge is 0.159 e. The average Bonchev–Trinajstić information content (AvgIpc) is 2.35. The maximum Gasteiger partial charge on any atom is 0.159 e. The third-order valence-corrected chi connectivity index (χ3v) is 3.00. The van der Waals surface area contributed by atoms with Crippen molar-refractivity contribution in [3.05, 3.63) is 10.8 Å². The molecule has 96 valence electrons. The first-order valence-corrected chi connectivity index (χ1v) is 6.28. The number of ether oxygens (including phenoxy) is 1. The van der Waals surface area contributed by atoms with Gasteiger partial charge in [-0.1, -0.05) is 0 Å². The fourth-order valence-electron chi connectivity index (χ4n) is 1.35. The zero-order valence-corrected chi connectivity index (χ0v) is 11.5. The van der Waals surface area contributed by atoms with Crippen molar-refractivity contribution in [3.8, 4) is 0 Å². The number of rotatable bonds is 8. The number of aromatic nitrogens is 2. The third-order valence-electron chi connectivity index (χ3n) is 2.24. The Balaban J connectivity index is 2.31. The quantitative estimate of drug-likeness (QED) is 0.385. The lowest BCUT2D eigenvalue weighted by atomic mass is 10.2. The van der Waals surface area contributed by atoms with E-state index in [-0.39, 0.29) is 0 Å². The molecule has 1 aromatic heterocycles. The van der Waals surface area contributed by atoms with Gasteiger partial charge in [0.15, 0.2) is 5.82 Å². The van der Waals surface area contributed by atoms with Crippen molar-refractivity contribution in [2.24, 2.45) is 5.84 Å². The molecule has 0 atom stereocenters. The van der Waals surface area contributed by atoms with Gasteiger partial charge in [-0.15, -0.1) is 0 Å². The van der Waals surface area contributed by atoms with Crippen LogP contribution in [0.4, 0.5) is 11.6 Å². The van der Waals surface area contributed by atoms with Crippen LogP contribution in [0.15, 0.2) is 10.8 Å². The number of hydrazine groups is 1. The van der Waals surface area contributed by atoms with E-state index in [0.29, 0.717) is 5.82 Å². The molecule has 0 spiro atoms. The summed E-state index contributed by atoms with van der Waals surface area (Å²) >= 11 is 3.39. The van der Waals surface area contributed by atoms with Gasteiger partial charge in [-0.3, -0.25) is 0 Å². The summed E-state index contributed by atoms with van der Waals surface area (Å²) in [7, 11) is 1.72. The number of halogens is 1. The number of anilines is 2. The van der Waals surface area contributed by atoms with E-state index in [1.165, 1.54) is 6.33 Å². The van der Waals surface area contributed by atoms with Crippen LogP contribution in [0.25, 0.3) is 0 Å². The van der Waals surface area contributed by atoms with E-state index in [9.17, 15) is 0 Å². The first-order chi connectivity index (χ1) is 8.29. The predicted molar refractivity (Wildman–Crippen MR) is 71.8 cm³/mol. The van der Waals surface area contributed by atoms with Crippen molar-refractivity contribution < 1.29 is 4.74 Å². The Morgan fingerprint density at radius 2 is 2.06 bits per heavy atom. The average molecular weight is 304 g/mol. The number of hydrogen-bond acceptors (Lipinski definition) is 6. The predicted octanol–water partition coefficient (Wildman–Crippen LogP) is 1.75. The van der Waals surface area contributed by atoms with Crippen molar-refractivity contribution in [3.63, 3.8) is 0 Å². The summed E-state index contributed by atoms with van der Waals surface area (Å²) in [6.45, 7) is 1.68. The van der Waals surface area contributed by atoms with E-state index in [0.717, 1.165) is 42.7 Å². The number of methoxy groups -OCH3 is 1. The molecule has 17 heavy (non-hydrogen) atoms. The normalized spacial score (nSPS) is 10.3. The van der Waals surface area contributed by atoms with Crippen LogP contribution in [0.5, 0.6) is 0 Å². The van der Waals surface area contributed by atoms with Crippen LogP contribution < -0.4 is 16.6 Å².